The van der Waals surface area contributed by atoms with Crippen LogP contribution in [0.4, 0.5) is 5.69 Å². The number of amides is 1. The van der Waals surface area contributed by atoms with Crippen molar-refractivity contribution in [2.75, 3.05) is 38.8 Å². The molecule has 8 heteroatoms. The van der Waals surface area contributed by atoms with Crippen molar-refractivity contribution in [3.8, 4) is 5.75 Å². The Morgan fingerprint density at radius 2 is 1.97 bits per heavy atom. The third-order valence-electron chi connectivity index (χ3n) is 4.79. The zero-order chi connectivity index (χ0) is 22.2. The van der Waals surface area contributed by atoms with E-state index in [0.29, 0.717) is 29.4 Å². The number of unbranched alkanes of at least 4 members (excludes halogenated alkanes) is 1. The summed E-state index contributed by atoms with van der Waals surface area (Å²) in [6, 6.07) is 14.4. The van der Waals surface area contributed by atoms with Gasteiger partial charge in [-0.15, -0.1) is 0 Å². The third kappa shape index (κ3) is 5.86. The number of hydrogen-bond donors (Lipinski definition) is 1. The molecule has 1 N–H and O–H groups in total. The minimum absolute atomic E-state index is 0.101. The highest BCUT2D eigenvalue weighted by Crippen LogP contribution is 2.26. The molecule has 0 spiro atoms. The molecular formula is C23H28N2O5S. The molecule has 3 aromatic rings. The molecule has 0 aliphatic heterocycles. The first-order valence-corrected chi connectivity index (χ1v) is 11.4. The van der Waals surface area contributed by atoms with E-state index in [1.54, 1.807) is 31.4 Å². The molecule has 0 bridgehead atoms. The number of likely N-dealkylation sites (N-methyl/N-ethyl adjacent to an activating group) is 1. The maximum Gasteiger partial charge on any atom is 0.298 e. The first kappa shape index (κ1) is 22.8. The predicted molar refractivity (Wildman–Crippen MR) is 122 cm³/mol. The number of hydrogen-bond acceptors (Lipinski definition) is 6. The summed E-state index contributed by atoms with van der Waals surface area (Å²) in [6.07, 6.45) is 1.90. The summed E-state index contributed by atoms with van der Waals surface area (Å²) in [5.74, 6) is 0.0551. The number of carbonyl (C=O) groups is 1. The van der Waals surface area contributed by atoms with Gasteiger partial charge in [0, 0.05) is 37.8 Å². The molecule has 3 rings (SSSR count). The fourth-order valence-electron chi connectivity index (χ4n) is 2.96. The van der Waals surface area contributed by atoms with Crippen molar-refractivity contribution in [3.05, 3.63) is 54.3 Å². The van der Waals surface area contributed by atoms with Crippen LogP contribution in [0.1, 0.15) is 30.3 Å². The summed E-state index contributed by atoms with van der Waals surface area (Å²) in [7, 11) is 1.84. The first-order valence-electron chi connectivity index (χ1n) is 10.2. The lowest BCUT2D eigenvalue weighted by Crippen LogP contribution is -2.25. The number of methoxy groups -OCH3 is 1. The highest BCUT2D eigenvalue weighted by molar-refractivity contribution is 7.83. The normalized spacial score (nSPS) is 12.0. The Morgan fingerprint density at radius 1 is 1.16 bits per heavy atom. The van der Waals surface area contributed by atoms with Crippen LogP contribution in [-0.4, -0.2) is 44.0 Å². The van der Waals surface area contributed by atoms with Gasteiger partial charge in [0.2, 0.25) is 0 Å². The Morgan fingerprint density at radius 3 is 2.74 bits per heavy atom. The molecule has 1 amide bonds. The summed E-state index contributed by atoms with van der Waals surface area (Å²) in [6.45, 7) is 3.94. The van der Waals surface area contributed by atoms with E-state index in [1.165, 1.54) is 0 Å². The zero-order valence-corrected chi connectivity index (χ0v) is 18.9. The number of nitrogens with zero attached hydrogens (tertiary/aromatic N) is 1. The maximum absolute atomic E-state index is 12.8. The van der Waals surface area contributed by atoms with Gasteiger partial charge < -0.3 is 18.8 Å². The van der Waals surface area contributed by atoms with Crippen molar-refractivity contribution >= 4 is 33.5 Å². The van der Waals surface area contributed by atoms with E-state index in [4.69, 9.17) is 13.9 Å². The Hall–Kier alpha value is -2.84. The van der Waals surface area contributed by atoms with E-state index in [-0.39, 0.29) is 5.76 Å². The molecule has 2 aromatic carbocycles. The van der Waals surface area contributed by atoms with E-state index >= 15 is 0 Å². The van der Waals surface area contributed by atoms with Crippen molar-refractivity contribution in [1.29, 1.82) is 0 Å². The van der Waals surface area contributed by atoms with Gasteiger partial charge in [-0.1, -0.05) is 25.5 Å². The predicted octanol–water partition coefficient (Wildman–Crippen LogP) is 4.15. The van der Waals surface area contributed by atoms with Crippen LogP contribution < -0.4 is 14.4 Å². The average Bonchev–Trinajstić information content (AvgIpc) is 3.21. The summed E-state index contributed by atoms with van der Waals surface area (Å²) >= 11 is 0. The highest BCUT2D eigenvalue weighted by atomic mass is 32.2. The lowest BCUT2D eigenvalue weighted by molar-refractivity contribution is 0.0958. The third-order valence-corrected chi connectivity index (χ3v) is 5.90. The number of carbonyl (C=O) groups excluding carboxylic acids is 1. The van der Waals surface area contributed by atoms with Crippen molar-refractivity contribution in [2.45, 2.75) is 24.7 Å². The molecule has 31 heavy (non-hydrogen) atoms. The molecule has 0 aliphatic rings. The van der Waals surface area contributed by atoms with Crippen LogP contribution in [-0.2, 0) is 15.7 Å². The molecule has 0 fully saturated rings. The van der Waals surface area contributed by atoms with Crippen molar-refractivity contribution in [1.82, 2.24) is 4.72 Å². The Kier molecular flexibility index (Phi) is 8.08. The van der Waals surface area contributed by atoms with Crippen LogP contribution in [0.15, 0.2) is 57.8 Å². The molecule has 166 valence electrons. The SMILES string of the molecule is CCCCOc1ccccc1S(=O)NC(=O)c1cc2ccc(N(C)CCOC)cc2o1. The lowest BCUT2D eigenvalue weighted by atomic mass is 10.2. The Bertz CT molecular complexity index is 1050. The monoisotopic (exact) mass is 444 g/mol. The summed E-state index contributed by atoms with van der Waals surface area (Å²) < 4.78 is 31.8. The first-order chi connectivity index (χ1) is 15.0. The number of benzene rings is 2. The Balaban J connectivity index is 1.72. The van der Waals surface area contributed by atoms with E-state index in [0.717, 1.165) is 30.5 Å². The summed E-state index contributed by atoms with van der Waals surface area (Å²) in [4.78, 5) is 15.1. The highest BCUT2D eigenvalue weighted by Gasteiger charge is 2.18. The fraction of sp³-hybridized carbons (Fsp3) is 0.348. The second-order valence-electron chi connectivity index (χ2n) is 7.10. The topological polar surface area (TPSA) is 81.0 Å². The molecule has 0 saturated heterocycles. The number of nitrogens with one attached hydrogen (secondary N) is 1. The molecule has 1 atom stereocenters. The number of furan rings is 1. The van der Waals surface area contributed by atoms with Gasteiger partial charge in [-0.25, -0.2) is 4.21 Å². The van der Waals surface area contributed by atoms with Gasteiger partial charge >= 0.3 is 0 Å². The van der Waals surface area contributed by atoms with Gasteiger partial charge in [-0.05, 0) is 36.8 Å². The van der Waals surface area contributed by atoms with E-state index in [1.807, 2.05) is 36.2 Å². The molecule has 1 heterocycles. The molecule has 1 unspecified atom stereocenters. The molecule has 0 saturated carbocycles. The van der Waals surface area contributed by atoms with Gasteiger partial charge in [0.15, 0.2) is 16.7 Å². The molecular weight excluding hydrogens is 416 g/mol. The summed E-state index contributed by atoms with van der Waals surface area (Å²) in [5.41, 5.74) is 1.54. The largest absolute Gasteiger partial charge is 0.492 e. The number of anilines is 1. The standard InChI is InChI=1S/C23H28N2O5S/c1-4-5-13-29-19-8-6-7-9-22(19)31(27)24-23(26)21-15-17-10-11-18(16-20(17)30-21)25(2)12-14-28-3/h6-11,15-16H,4-5,12-14H2,1-3H3,(H,24,26). The van der Waals surface area contributed by atoms with Crippen molar-refractivity contribution in [2.24, 2.45) is 0 Å². The van der Waals surface area contributed by atoms with Crippen LogP contribution in [0.25, 0.3) is 11.0 Å². The summed E-state index contributed by atoms with van der Waals surface area (Å²) in [5, 5.41) is 0.795. The van der Waals surface area contributed by atoms with E-state index in [2.05, 4.69) is 11.6 Å². The zero-order valence-electron chi connectivity index (χ0n) is 18.1. The van der Waals surface area contributed by atoms with Gasteiger partial charge in [0.05, 0.1) is 13.2 Å². The van der Waals surface area contributed by atoms with Gasteiger partial charge in [0.25, 0.3) is 5.91 Å². The van der Waals surface area contributed by atoms with Crippen LogP contribution in [0.3, 0.4) is 0 Å². The smallest absolute Gasteiger partial charge is 0.298 e. The van der Waals surface area contributed by atoms with Gasteiger partial charge in [0.1, 0.15) is 16.2 Å². The van der Waals surface area contributed by atoms with Crippen LogP contribution in [0.2, 0.25) is 0 Å². The number of rotatable bonds is 11. The van der Waals surface area contributed by atoms with Crippen LogP contribution >= 0.6 is 0 Å². The number of ether oxygens (including phenoxy) is 2. The second-order valence-corrected chi connectivity index (χ2v) is 8.28. The van der Waals surface area contributed by atoms with Crippen molar-refractivity contribution < 1.29 is 22.9 Å². The number of para-hydroxylation sites is 1. The molecule has 1 aromatic heterocycles. The molecule has 7 nitrogen and oxygen atoms in total. The molecule has 0 radical (unpaired) electrons. The van der Waals surface area contributed by atoms with Gasteiger partial charge in [-0.3, -0.25) is 9.52 Å². The van der Waals surface area contributed by atoms with Crippen LogP contribution in [0.5, 0.6) is 5.75 Å². The number of fused-ring (bicyclic) bond motifs is 1. The van der Waals surface area contributed by atoms with E-state index < -0.39 is 16.9 Å². The molecule has 0 aliphatic carbocycles. The van der Waals surface area contributed by atoms with E-state index in [9.17, 15) is 9.00 Å². The minimum atomic E-state index is -1.77. The van der Waals surface area contributed by atoms with Crippen LogP contribution in [0, 0.1) is 0 Å². The average molecular weight is 445 g/mol. The second kappa shape index (κ2) is 11.0. The Labute approximate surface area is 184 Å². The maximum atomic E-state index is 12.8. The fourth-order valence-corrected chi connectivity index (χ4v) is 3.86. The van der Waals surface area contributed by atoms with Crippen molar-refractivity contribution in [3.63, 3.8) is 0 Å². The minimum Gasteiger partial charge on any atom is -0.492 e. The lowest BCUT2D eigenvalue weighted by Gasteiger charge is -2.18. The quantitative estimate of drug-likeness (QED) is 0.448. The van der Waals surface area contributed by atoms with Gasteiger partial charge in [-0.2, -0.15) is 0 Å².